The molecule has 0 aliphatic carbocycles. The zero-order valence-corrected chi connectivity index (χ0v) is 12.9. The normalized spacial score (nSPS) is 20.0. The molecule has 116 valence electrons. The molecule has 0 saturated carbocycles. The Hall–Kier alpha value is -1.76. The minimum atomic E-state index is -2.93. The molecule has 0 bridgehead atoms. The van der Waals surface area contributed by atoms with E-state index in [9.17, 15) is 13.2 Å². The molecule has 1 atom stereocenters. The molecular weight excluding hydrogens is 294 g/mol. The second-order valence-corrected chi connectivity index (χ2v) is 7.25. The molecular formula is C14H19NO5S. The van der Waals surface area contributed by atoms with Gasteiger partial charge in [-0.3, -0.25) is 4.79 Å². The van der Waals surface area contributed by atoms with E-state index in [0.717, 1.165) is 0 Å². The van der Waals surface area contributed by atoms with Gasteiger partial charge >= 0.3 is 0 Å². The highest BCUT2D eigenvalue weighted by molar-refractivity contribution is 7.91. The molecule has 1 fully saturated rings. The standard InChI is InChI=1S/C14H19NO5S/c1-19-12-5-3-4-11(13(12)20-2)14(16)15-8-10-6-7-21(17,18)9-10/h3-5,10H,6-9H2,1-2H3,(H,15,16)/t10-/m0/s1. The van der Waals surface area contributed by atoms with Gasteiger partial charge in [-0.1, -0.05) is 6.07 Å². The molecule has 1 aromatic rings. The number of carbonyl (C=O) groups is 1. The van der Waals surface area contributed by atoms with E-state index >= 15 is 0 Å². The number of para-hydroxylation sites is 1. The van der Waals surface area contributed by atoms with Gasteiger partial charge in [-0.15, -0.1) is 0 Å². The van der Waals surface area contributed by atoms with Crippen molar-refractivity contribution in [1.82, 2.24) is 5.32 Å². The van der Waals surface area contributed by atoms with Crippen molar-refractivity contribution in [3.63, 3.8) is 0 Å². The Morgan fingerprint density at radius 3 is 2.67 bits per heavy atom. The molecule has 1 saturated heterocycles. The number of amides is 1. The average Bonchev–Trinajstić information content (AvgIpc) is 2.83. The number of benzene rings is 1. The maximum Gasteiger partial charge on any atom is 0.255 e. The first-order chi connectivity index (χ1) is 9.96. The van der Waals surface area contributed by atoms with E-state index < -0.39 is 9.84 Å². The van der Waals surface area contributed by atoms with Crippen molar-refractivity contribution < 1.29 is 22.7 Å². The molecule has 0 radical (unpaired) electrons. The van der Waals surface area contributed by atoms with Crippen LogP contribution in [0.1, 0.15) is 16.8 Å². The Bertz CT molecular complexity index is 626. The highest BCUT2D eigenvalue weighted by Crippen LogP contribution is 2.30. The van der Waals surface area contributed by atoms with Crippen LogP contribution in [0.4, 0.5) is 0 Å². The number of methoxy groups -OCH3 is 2. The molecule has 21 heavy (non-hydrogen) atoms. The first-order valence-corrected chi connectivity index (χ1v) is 8.48. The maximum absolute atomic E-state index is 12.2. The Morgan fingerprint density at radius 1 is 1.33 bits per heavy atom. The lowest BCUT2D eigenvalue weighted by atomic mass is 10.1. The van der Waals surface area contributed by atoms with Crippen LogP contribution in [0.25, 0.3) is 0 Å². The van der Waals surface area contributed by atoms with Gasteiger partial charge in [-0.05, 0) is 24.5 Å². The molecule has 0 unspecified atom stereocenters. The second kappa shape index (κ2) is 6.34. The molecule has 1 aliphatic heterocycles. The van der Waals surface area contributed by atoms with Crippen LogP contribution >= 0.6 is 0 Å². The van der Waals surface area contributed by atoms with Crippen molar-refractivity contribution in [2.45, 2.75) is 6.42 Å². The summed E-state index contributed by atoms with van der Waals surface area (Å²) in [6.07, 6.45) is 0.595. The van der Waals surface area contributed by atoms with Gasteiger partial charge in [0.25, 0.3) is 5.91 Å². The summed E-state index contributed by atoms with van der Waals surface area (Å²) in [4.78, 5) is 12.2. The Kier molecular flexibility index (Phi) is 4.72. The predicted molar refractivity (Wildman–Crippen MR) is 78.6 cm³/mol. The fraction of sp³-hybridized carbons (Fsp3) is 0.500. The van der Waals surface area contributed by atoms with Crippen molar-refractivity contribution in [2.24, 2.45) is 5.92 Å². The predicted octanol–water partition coefficient (Wildman–Crippen LogP) is 0.868. The van der Waals surface area contributed by atoms with E-state index in [1.807, 2.05) is 0 Å². The van der Waals surface area contributed by atoms with Crippen LogP contribution in [0.15, 0.2) is 18.2 Å². The zero-order chi connectivity index (χ0) is 15.5. The summed E-state index contributed by atoms with van der Waals surface area (Å²) in [5.41, 5.74) is 0.373. The number of carbonyl (C=O) groups excluding carboxylic acids is 1. The molecule has 1 aromatic carbocycles. The third kappa shape index (κ3) is 3.66. The van der Waals surface area contributed by atoms with Crippen LogP contribution in [0.2, 0.25) is 0 Å². The number of sulfone groups is 1. The van der Waals surface area contributed by atoms with Crippen molar-refractivity contribution in [1.29, 1.82) is 0 Å². The van der Waals surface area contributed by atoms with E-state index in [1.54, 1.807) is 18.2 Å². The van der Waals surface area contributed by atoms with Crippen molar-refractivity contribution in [3.05, 3.63) is 23.8 Å². The molecule has 0 aromatic heterocycles. The van der Waals surface area contributed by atoms with Crippen LogP contribution in [-0.4, -0.2) is 46.6 Å². The van der Waals surface area contributed by atoms with Gasteiger partial charge in [-0.25, -0.2) is 8.42 Å². The third-order valence-electron chi connectivity index (χ3n) is 3.53. The third-order valence-corrected chi connectivity index (χ3v) is 5.36. The lowest BCUT2D eigenvalue weighted by molar-refractivity contribution is 0.0944. The fourth-order valence-electron chi connectivity index (χ4n) is 2.43. The largest absolute Gasteiger partial charge is 0.493 e. The summed E-state index contributed by atoms with van der Waals surface area (Å²) in [5.74, 6) is 0.883. The summed E-state index contributed by atoms with van der Waals surface area (Å²) in [7, 11) is 0.0458. The van der Waals surface area contributed by atoms with Gasteiger partial charge < -0.3 is 14.8 Å². The molecule has 0 spiro atoms. The monoisotopic (exact) mass is 313 g/mol. The molecule has 6 nitrogen and oxygen atoms in total. The van der Waals surface area contributed by atoms with Crippen molar-refractivity contribution in [3.8, 4) is 11.5 Å². The second-order valence-electron chi connectivity index (χ2n) is 5.02. The number of nitrogens with one attached hydrogen (secondary N) is 1. The quantitative estimate of drug-likeness (QED) is 0.872. The van der Waals surface area contributed by atoms with E-state index in [4.69, 9.17) is 9.47 Å². The van der Waals surface area contributed by atoms with Gasteiger partial charge in [0.15, 0.2) is 21.3 Å². The molecule has 1 N–H and O–H groups in total. The molecule has 1 amide bonds. The number of hydrogen-bond donors (Lipinski definition) is 1. The SMILES string of the molecule is COc1cccc(C(=O)NC[C@@H]2CCS(=O)(=O)C2)c1OC. The molecule has 7 heteroatoms. The summed E-state index contributed by atoms with van der Waals surface area (Å²) in [6.45, 7) is 0.346. The van der Waals surface area contributed by atoms with Crippen LogP contribution in [0.3, 0.4) is 0 Å². The first kappa shape index (κ1) is 15.6. The van der Waals surface area contributed by atoms with E-state index in [1.165, 1.54) is 14.2 Å². The summed E-state index contributed by atoms with van der Waals surface area (Å²) >= 11 is 0. The maximum atomic E-state index is 12.2. The Balaban J connectivity index is 2.04. The zero-order valence-electron chi connectivity index (χ0n) is 12.1. The molecule has 1 aliphatic rings. The van der Waals surface area contributed by atoms with Crippen LogP contribution in [0.5, 0.6) is 11.5 Å². The van der Waals surface area contributed by atoms with Gasteiger partial charge in [-0.2, -0.15) is 0 Å². The van der Waals surface area contributed by atoms with Crippen molar-refractivity contribution >= 4 is 15.7 Å². The number of ether oxygens (including phenoxy) is 2. The van der Waals surface area contributed by atoms with Crippen LogP contribution < -0.4 is 14.8 Å². The van der Waals surface area contributed by atoms with Gasteiger partial charge in [0.1, 0.15) is 0 Å². The summed E-state index contributed by atoms with van der Waals surface area (Å²) < 4.78 is 33.1. The van der Waals surface area contributed by atoms with E-state index in [-0.39, 0.29) is 23.3 Å². The van der Waals surface area contributed by atoms with E-state index in [2.05, 4.69) is 5.32 Å². The highest BCUT2D eigenvalue weighted by Gasteiger charge is 2.28. The Labute approximate surface area is 124 Å². The molecule has 1 heterocycles. The lowest BCUT2D eigenvalue weighted by Crippen LogP contribution is -2.30. The Morgan fingerprint density at radius 2 is 2.10 bits per heavy atom. The fourth-order valence-corrected chi connectivity index (χ4v) is 4.29. The van der Waals surface area contributed by atoms with Crippen LogP contribution in [0, 0.1) is 5.92 Å². The van der Waals surface area contributed by atoms with Gasteiger partial charge in [0.2, 0.25) is 0 Å². The highest BCUT2D eigenvalue weighted by atomic mass is 32.2. The number of hydrogen-bond acceptors (Lipinski definition) is 5. The van der Waals surface area contributed by atoms with Crippen molar-refractivity contribution in [2.75, 3.05) is 32.3 Å². The topological polar surface area (TPSA) is 81.7 Å². The summed E-state index contributed by atoms with van der Waals surface area (Å²) in [5, 5.41) is 2.77. The molecule has 2 rings (SSSR count). The van der Waals surface area contributed by atoms with Crippen LogP contribution in [-0.2, 0) is 9.84 Å². The minimum Gasteiger partial charge on any atom is -0.493 e. The lowest BCUT2D eigenvalue weighted by Gasteiger charge is -2.14. The minimum absolute atomic E-state index is 0.0180. The first-order valence-electron chi connectivity index (χ1n) is 6.66. The van der Waals surface area contributed by atoms with E-state index in [0.29, 0.717) is 30.0 Å². The summed E-state index contributed by atoms with van der Waals surface area (Å²) in [6, 6.07) is 5.05. The van der Waals surface area contributed by atoms with Gasteiger partial charge in [0.05, 0.1) is 31.3 Å². The average molecular weight is 313 g/mol. The number of rotatable bonds is 5. The van der Waals surface area contributed by atoms with Gasteiger partial charge in [0, 0.05) is 6.54 Å². The smallest absolute Gasteiger partial charge is 0.255 e.